The lowest BCUT2D eigenvalue weighted by Gasteiger charge is -2.24. The second-order valence-electron chi connectivity index (χ2n) is 6.49. The molecule has 0 radical (unpaired) electrons. The summed E-state index contributed by atoms with van der Waals surface area (Å²) in [7, 11) is -3.36. The van der Waals surface area contributed by atoms with Gasteiger partial charge in [0, 0.05) is 23.7 Å². The number of nitrogens with one attached hydrogen (secondary N) is 3. The summed E-state index contributed by atoms with van der Waals surface area (Å²) in [5, 5.41) is 6.04. The number of guanidine groups is 1. The average molecular weight is 376 g/mol. The standard InChI is InChI=1S/C16H26F2N4O2S/c1-6-19-15(20-10-16(3,4)22-25(5,23)24)21-11(2)13-8-7-12(17)9-14(13)18/h7-9,11,22H,6,10H2,1-5H3,(H2,19,20,21). The van der Waals surface area contributed by atoms with Crippen LogP contribution in [0.5, 0.6) is 0 Å². The van der Waals surface area contributed by atoms with E-state index >= 15 is 0 Å². The number of nitrogens with zero attached hydrogens (tertiary/aromatic N) is 1. The molecule has 0 saturated heterocycles. The van der Waals surface area contributed by atoms with E-state index in [9.17, 15) is 17.2 Å². The fourth-order valence-electron chi connectivity index (χ4n) is 2.27. The van der Waals surface area contributed by atoms with Gasteiger partial charge < -0.3 is 10.6 Å². The molecule has 0 aromatic heterocycles. The number of rotatable bonds is 7. The van der Waals surface area contributed by atoms with Crippen LogP contribution in [-0.2, 0) is 10.0 Å². The zero-order valence-corrected chi connectivity index (χ0v) is 16.0. The number of halogens is 2. The van der Waals surface area contributed by atoms with Gasteiger partial charge in [-0.25, -0.2) is 21.9 Å². The van der Waals surface area contributed by atoms with E-state index in [1.165, 1.54) is 12.1 Å². The van der Waals surface area contributed by atoms with E-state index < -0.39 is 33.2 Å². The molecule has 25 heavy (non-hydrogen) atoms. The molecule has 1 aromatic rings. The summed E-state index contributed by atoms with van der Waals surface area (Å²) < 4.78 is 52.2. The predicted octanol–water partition coefficient (Wildman–Crippen LogP) is 1.91. The molecule has 3 N–H and O–H groups in total. The molecule has 142 valence electrons. The normalized spacial score (nSPS) is 14.3. The van der Waals surface area contributed by atoms with Gasteiger partial charge in [0.25, 0.3) is 0 Å². The largest absolute Gasteiger partial charge is 0.357 e. The van der Waals surface area contributed by atoms with Crippen LogP contribution in [0.2, 0.25) is 0 Å². The smallest absolute Gasteiger partial charge is 0.209 e. The molecular weight excluding hydrogens is 350 g/mol. The van der Waals surface area contributed by atoms with Gasteiger partial charge in [0.1, 0.15) is 11.6 Å². The molecule has 0 amide bonds. The molecule has 0 aliphatic carbocycles. The van der Waals surface area contributed by atoms with Crippen LogP contribution in [0.3, 0.4) is 0 Å². The van der Waals surface area contributed by atoms with Crippen LogP contribution in [0.1, 0.15) is 39.3 Å². The van der Waals surface area contributed by atoms with Crippen LogP contribution in [0, 0.1) is 11.6 Å². The monoisotopic (exact) mass is 376 g/mol. The Balaban J connectivity index is 2.88. The van der Waals surface area contributed by atoms with Gasteiger partial charge in [0.2, 0.25) is 10.0 Å². The first-order valence-electron chi connectivity index (χ1n) is 7.92. The third-order valence-corrected chi connectivity index (χ3v) is 4.14. The quantitative estimate of drug-likeness (QED) is 0.501. The third kappa shape index (κ3) is 7.78. The summed E-state index contributed by atoms with van der Waals surface area (Å²) in [5.74, 6) is -0.875. The molecule has 9 heteroatoms. The minimum absolute atomic E-state index is 0.175. The van der Waals surface area contributed by atoms with Crippen LogP contribution in [-0.4, -0.2) is 39.3 Å². The van der Waals surface area contributed by atoms with Crippen molar-refractivity contribution in [1.82, 2.24) is 15.4 Å². The van der Waals surface area contributed by atoms with Crippen LogP contribution >= 0.6 is 0 Å². The maximum Gasteiger partial charge on any atom is 0.209 e. The summed E-state index contributed by atoms with van der Waals surface area (Å²) in [6.07, 6.45) is 1.08. The summed E-state index contributed by atoms with van der Waals surface area (Å²) >= 11 is 0. The van der Waals surface area contributed by atoms with E-state index in [-0.39, 0.29) is 6.54 Å². The van der Waals surface area contributed by atoms with Crippen LogP contribution in [0.4, 0.5) is 8.78 Å². The number of aliphatic imine (C=N–C) groups is 1. The second-order valence-corrected chi connectivity index (χ2v) is 8.23. The highest BCUT2D eigenvalue weighted by Gasteiger charge is 2.22. The Bertz CT molecular complexity index is 721. The Morgan fingerprint density at radius 3 is 2.48 bits per heavy atom. The predicted molar refractivity (Wildman–Crippen MR) is 95.9 cm³/mol. The molecular formula is C16H26F2N4O2S. The Morgan fingerprint density at radius 2 is 1.96 bits per heavy atom. The molecule has 0 heterocycles. The molecule has 0 fully saturated rings. The number of hydrogen-bond donors (Lipinski definition) is 3. The summed E-state index contributed by atoms with van der Waals surface area (Å²) in [4.78, 5) is 4.35. The molecule has 1 atom stereocenters. The van der Waals surface area contributed by atoms with Crippen molar-refractivity contribution < 1.29 is 17.2 Å². The van der Waals surface area contributed by atoms with Crippen molar-refractivity contribution in [1.29, 1.82) is 0 Å². The van der Waals surface area contributed by atoms with Gasteiger partial charge in [-0.2, -0.15) is 0 Å². The topological polar surface area (TPSA) is 82.6 Å². The molecule has 1 unspecified atom stereocenters. The SMILES string of the molecule is CCNC(=NCC(C)(C)NS(C)(=O)=O)NC(C)c1ccc(F)cc1F. The van der Waals surface area contributed by atoms with Crippen molar-refractivity contribution in [2.75, 3.05) is 19.3 Å². The van der Waals surface area contributed by atoms with Gasteiger partial charge >= 0.3 is 0 Å². The van der Waals surface area contributed by atoms with Crippen molar-refractivity contribution in [2.24, 2.45) is 4.99 Å². The van der Waals surface area contributed by atoms with Crippen LogP contribution in [0.15, 0.2) is 23.2 Å². The van der Waals surface area contributed by atoms with Gasteiger partial charge in [-0.15, -0.1) is 0 Å². The third-order valence-electron chi connectivity index (χ3n) is 3.22. The zero-order chi connectivity index (χ0) is 19.3. The Hall–Kier alpha value is -1.74. The summed E-state index contributed by atoms with van der Waals surface area (Å²) in [6, 6.07) is 2.95. The fraction of sp³-hybridized carbons (Fsp3) is 0.562. The van der Waals surface area contributed by atoms with Gasteiger partial charge in [0.15, 0.2) is 5.96 Å². The number of benzene rings is 1. The summed E-state index contributed by atoms with van der Waals surface area (Å²) in [6.45, 7) is 7.77. The maximum absolute atomic E-state index is 13.9. The van der Waals surface area contributed by atoms with Gasteiger partial charge in [-0.3, -0.25) is 4.99 Å². The van der Waals surface area contributed by atoms with Crippen LogP contribution in [0.25, 0.3) is 0 Å². The second kappa shape index (κ2) is 8.57. The highest BCUT2D eigenvalue weighted by atomic mass is 32.2. The molecule has 6 nitrogen and oxygen atoms in total. The molecule has 0 aliphatic rings. The van der Waals surface area contributed by atoms with Gasteiger partial charge in [-0.1, -0.05) is 6.07 Å². The van der Waals surface area contributed by atoms with E-state index in [0.29, 0.717) is 18.1 Å². The van der Waals surface area contributed by atoms with E-state index in [2.05, 4.69) is 20.3 Å². The Morgan fingerprint density at radius 1 is 1.32 bits per heavy atom. The van der Waals surface area contributed by atoms with E-state index in [0.717, 1.165) is 12.3 Å². The Kier molecular flexibility index (Phi) is 7.30. The lowest BCUT2D eigenvalue weighted by Crippen LogP contribution is -2.47. The van der Waals surface area contributed by atoms with Crippen LogP contribution < -0.4 is 15.4 Å². The highest BCUT2D eigenvalue weighted by molar-refractivity contribution is 7.88. The van der Waals surface area contributed by atoms with Crippen molar-refractivity contribution >= 4 is 16.0 Å². The highest BCUT2D eigenvalue weighted by Crippen LogP contribution is 2.17. The van der Waals surface area contributed by atoms with E-state index in [1.807, 2.05) is 6.92 Å². The first-order valence-corrected chi connectivity index (χ1v) is 9.81. The first-order chi connectivity index (χ1) is 11.4. The molecule has 0 aliphatic heterocycles. The molecule has 0 saturated carbocycles. The summed E-state index contributed by atoms with van der Waals surface area (Å²) in [5.41, 5.74) is -0.471. The fourth-order valence-corrected chi connectivity index (χ4v) is 3.33. The lowest BCUT2D eigenvalue weighted by atomic mass is 10.1. The first kappa shape index (κ1) is 21.3. The van der Waals surface area contributed by atoms with Crippen molar-refractivity contribution in [3.8, 4) is 0 Å². The maximum atomic E-state index is 13.9. The molecule has 0 spiro atoms. The van der Waals surface area contributed by atoms with Crippen molar-refractivity contribution in [3.05, 3.63) is 35.4 Å². The van der Waals surface area contributed by atoms with E-state index in [1.54, 1.807) is 20.8 Å². The Labute approximate surface area is 148 Å². The lowest BCUT2D eigenvalue weighted by molar-refractivity contribution is 0.463. The molecule has 1 aromatic carbocycles. The minimum atomic E-state index is -3.36. The minimum Gasteiger partial charge on any atom is -0.357 e. The zero-order valence-electron chi connectivity index (χ0n) is 15.2. The average Bonchev–Trinajstić information content (AvgIpc) is 2.42. The van der Waals surface area contributed by atoms with E-state index in [4.69, 9.17) is 0 Å². The van der Waals surface area contributed by atoms with Crippen molar-refractivity contribution in [2.45, 2.75) is 39.3 Å². The molecule has 0 bridgehead atoms. The van der Waals surface area contributed by atoms with Crippen molar-refractivity contribution in [3.63, 3.8) is 0 Å². The van der Waals surface area contributed by atoms with Gasteiger partial charge in [0.05, 0.1) is 18.8 Å². The number of sulfonamides is 1. The molecule has 1 rings (SSSR count). The van der Waals surface area contributed by atoms with Gasteiger partial charge in [-0.05, 0) is 33.8 Å². The number of hydrogen-bond acceptors (Lipinski definition) is 3.